The maximum atomic E-state index is 12.0. The topological polar surface area (TPSA) is 69.9 Å². The molecule has 6 heteroatoms. The molecule has 2 N–H and O–H groups in total. The van der Waals surface area contributed by atoms with Gasteiger partial charge in [0.15, 0.2) is 0 Å². The van der Waals surface area contributed by atoms with Gasteiger partial charge >= 0.3 is 6.03 Å². The number of hydrogen-bond acceptors (Lipinski definition) is 3. The number of piperazine rings is 1. The molecule has 1 aliphatic heterocycles. The lowest BCUT2D eigenvalue weighted by Crippen LogP contribution is -2.56. The monoisotopic (exact) mass is 240 g/mol. The van der Waals surface area contributed by atoms with Crippen molar-refractivity contribution in [3.8, 4) is 0 Å². The summed E-state index contributed by atoms with van der Waals surface area (Å²) in [7, 11) is 3.47. The van der Waals surface area contributed by atoms with E-state index in [9.17, 15) is 9.59 Å². The van der Waals surface area contributed by atoms with Crippen LogP contribution in [-0.2, 0) is 4.79 Å². The molecule has 96 valence electrons. The van der Waals surface area contributed by atoms with E-state index in [2.05, 4.69) is 0 Å². The summed E-state index contributed by atoms with van der Waals surface area (Å²) in [6.07, 6.45) is 1.59. The van der Waals surface area contributed by atoms with Gasteiger partial charge in [-0.2, -0.15) is 0 Å². The Balaban J connectivity index is 1.86. The van der Waals surface area contributed by atoms with Gasteiger partial charge in [0.05, 0.1) is 5.54 Å². The highest BCUT2D eigenvalue weighted by atomic mass is 16.2. The fourth-order valence-corrected chi connectivity index (χ4v) is 2.05. The van der Waals surface area contributed by atoms with Gasteiger partial charge < -0.3 is 20.4 Å². The Hall–Kier alpha value is -1.30. The second kappa shape index (κ2) is 4.18. The van der Waals surface area contributed by atoms with Crippen molar-refractivity contribution < 1.29 is 9.59 Å². The standard InChI is InChI=1S/C11H20N4O2/c1-13(2)10(17)15-7-5-14(6-8-15)9(16)11(12)3-4-11/h3-8,12H2,1-2H3. The van der Waals surface area contributed by atoms with Crippen LogP contribution in [0.4, 0.5) is 4.79 Å². The molecule has 0 bridgehead atoms. The van der Waals surface area contributed by atoms with Crippen LogP contribution in [0.25, 0.3) is 0 Å². The quantitative estimate of drug-likeness (QED) is 0.659. The number of hydrogen-bond donors (Lipinski definition) is 1. The van der Waals surface area contributed by atoms with Crippen LogP contribution in [0.3, 0.4) is 0 Å². The minimum Gasteiger partial charge on any atom is -0.338 e. The minimum absolute atomic E-state index is 0.00554. The van der Waals surface area contributed by atoms with Crippen LogP contribution in [0.2, 0.25) is 0 Å². The third-order valence-corrected chi connectivity index (χ3v) is 3.43. The summed E-state index contributed by atoms with van der Waals surface area (Å²) in [5.41, 5.74) is 5.29. The number of urea groups is 1. The van der Waals surface area contributed by atoms with E-state index in [0.29, 0.717) is 26.2 Å². The molecule has 2 aliphatic rings. The summed E-state index contributed by atoms with van der Waals surface area (Å²) in [5, 5.41) is 0. The summed E-state index contributed by atoms with van der Waals surface area (Å²) >= 11 is 0. The molecule has 17 heavy (non-hydrogen) atoms. The van der Waals surface area contributed by atoms with E-state index in [0.717, 1.165) is 12.8 Å². The molecule has 0 aromatic rings. The highest BCUT2D eigenvalue weighted by Crippen LogP contribution is 2.34. The summed E-state index contributed by atoms with van der Waals surface area (Å²) < 4.78 is 0. The van der Waals surface area contributed by atoms with E-state index in [1.54, 1.807) is 28.8 Å². The van der Waals surface area contributed by atoms with Gasteiger partial charge in [-0.25, -0.2) is 4.79 Å². The predicted molar refractivity (Wildman–Crippen MR) is 63.4 cm³/mol. The molecule has 0 aromatic carbocycles. The van der Waals surface area contributed by atoms with Crippen molar-refractivity contribution >= 4 is 11.9 Å². The first-order chi connectivity index (χ1) is 7.94. The lowest BCUT2D eigenvalue weighted by Gasteiger charge is -2.37. The Bertz CT molecular complexity index is 330. The normalized spacial score (nSPS) is 22.3. The smallest absolute Gasteiger partial charge is 0.319 e. The van der Waals surface area contributed by atoms with E-state index in [-0.39, 0.29) is 11.9 Å². The van der Waals surface area contributed by atoms with Gasteiger partial charge in [-0.05, 0) is 12.8 Å². The molecule has 1 saturated carbocycles. The van der Waals surface area contributed by atoms with Crippen LogP contribution >= 0.6 is 0 Å². The highest BCUT2D eigenvalue weighted by Gasteiger charge is 2.48. The molecule has 0 aromatic heterocycles. The third kappa shape index (κ3) is 2.36. The van der Waals surface area contributed by atoms with Crippen molar-refractivity contribution in [3.05, 3.63) is 0 Å². The average Bonchev–Trinajstić information content (AvgIpc) is 3.07. The number of nitrogens with zero attached hydrogens (tertiary/aromatic N) is 3. The molecule has 2 rings (SSSR count). The van der Waals surface area contributed by atoms with Gasteiger partial charge in [0, 0.05) is 40.3 Å². The van der Waals surface area contributed by atoms with Crippen molar-refractivity contribution in [3.63, 3.8) is 0 Å². The summed E-state index contributed by atoms with van der Waals surface area (Å²) in [4.78, 5) is 28.8. The summed E-state index contributed by atoms with van der Waals surface area (Å²) in [6, 6.07) is 0.00554. The fraction of sp³-hybridized carbons (Fsp3) is 0.818. The van der Waals surface area contributed by atoms with Crippen LogP contribution in [0.1, 0.15) is 12.8 Å². The average molecular weight is 240 g/mol. The Morgan fingerprint density at radius 1 is 1.06 bits per heavy atom. The first kappa shape index (κ1) is 12.2. The SMILES string of the molecule is CN(C)C(=O)N1CCN(C(=O)C2(N)CC2)CC1. The van der Waals surface area contributed by atoms with Gasteiger partial charge in [-0.15, -0.1) is 0 Å². The molecule has 0 unspecified atom stereocenters. The van der Waals surface area contributed by atoms with Crippen molar-refractivity contribution in [1.29, 1.82) is 0 Å². The lowest BCUT2D eigenvalue weighted by molar-refractivity contribution is -0.135. The zero-order chi connectivity index (χ0) is 12.6. The van der Waals surface area contributed by atoms with Crippen molar-refractivity contribution in [2.75, 3.05) is 40.3 Å². The van der Waals surface area contributed by atoms with E-state index >= 15 is 0 Å². The van der Waals surface area contributed by atoms with Gasteiger partial charge in [0.1, 0.15) is 0 Å². The first-order valence-corrected chi connectivity index (χ1v) is 5.98. The molecule has 0 spiro atoms. The van der Waals surface area contributed by atoms with Gasteiger partial charge in [0.2, 0.25) is 5.91 Å². The molecular formula is C11H20N4O2. The number of rotatable bonds is 1. The van der Waals surface area contributed by atoms with E-state index in [1.165, 1.54) is 0 Å². The van der Waals surface area contributed by atoms with E-state index in [1.807, 2.05) is 0 Å². The molecule has 2 fully saturated rings. The van der Waals surface area contributed by atoms with Crippen LogP contribution in [0.5, 0.6) is 0 Å². The van der Waals surface area contributed by atoms with Crippen molar-refractivity contribution in [2.24, 2.45) is 5.73 Å². The maximum Gasteiger partial charge on any atom is 0.319 e. The van der Waals surface area contributed by atoms with Crippen molar-refractivity contribution in [1.82, 2.24) is 14.7 Å². The highest BCUT2D eigenvalue weighted by molar-refractivity contribution is 5.89. The van der Waals surface area contributed by atoms with Crippen LogP contribution in [-0.4, -0.2) is 72.5 Å². The molecule has 0 radical (unpaired) electrons. The van der Waals surface area contributed by atoms with Crippen molar-refractivity contribution in [2.45, 2.75) is 18.4 Å². The minimum atomic E-state index is -0.590. The molecule has 1 aliphatic carbocycles. The predicted octanol–water partition coefficient (Wildman–Crippen LogP) is -0.696. The summed E-state index contributed by atoms with van der Waals surface area (Å²) in [6.45, 7) is 2.38. The third-order valence-electron chi connectivity index (χ3n) is 3.43. The number of carbonyl (C=O) groups is 2. The summed E-state index contributed by atoms with van der Waals surface area (Å²) in [5.74, 6) is 0.0504. The zero-order valence-corrected chi connectivity index (χ0v) is 10.5. The van der Waals surface area contributed by atoms with E-state index < -0.39 is 5.54 Å². The maximum absolute atomic E-state index is 12.0. The largest absolute Gasteiger partial charge is 0.338 e. The Morgan fingerprint density at radius 3 is 1.94 bits per heavy atom. The Morgan fingerprint density at radius 2 is 1.53 bits per heavy atom. The zero-order valence-electron chi connectivity index (χ0n) is 10.5. The van der Waals surface area contributed by atoms with E-state index in [4.69, 9.17) is 5.73 Å². The van der Waals surface area contributed by atoms with Gasteiger partial charge in [-0.1, -0.05) is 0 Å². The van der Waals surface area contributed by atoms with Crippen LogP contribution in [0, 0.1) is 0 Å². The number of amides is 3. The molecular weight excluding hydrogens is 220 g/mol. The molecule has 3 amide bonds. The van der Waals surface area contributed by atoms with Gasteiger partial charge in [-0.3, -0.25) is 4.79 Å². The number of carbonyl (C=O) groups excluding carboxylic acids is 2. The first-order valence-electron chi connectivity index (χ1n) is 5.98. The Kier molecular flexibility index (Phi) is 2.99. The molecule has 1 heterocycles. The second-order valence-electron chi connectivity index (χ2n) is 5.11. The molecule has 1 saturated heterocycles. The fourth-order valence-electron chi connectivity index (χ4n) is 2.05. The lowest BCUT2D eigenvalue weighted by atomic mass is 10.2. The van der Waals surface area contributed by atoms with Gasteiger partial charge in [0.25, 0.3) is 0 Å². The second-order valence-corrected chi connectivity index (χ2v) is 5.11. The van der Waals surface area contributed by atoms with Crippen LogP contribution in [0.15, 0.2) is 0 Å². The number of nitrogens with two attached hydrogens (primary N) is 1. The molecule has 0 atom stereocenters. The Labute approximate surface area is 101 Å². The van der Waals surface area contributed by atoms with Crippen LogP contribution < -0.4 is 5.73 Å². The molecule has 6 nitrogen and oxygen atoms in total.